The van der Waals surface area contributed by atoms with Gasteiger partial charge in [0.05, 0.1) is 0 Å². The highest BCUT2D eigenvalue weighted by Crippen LogP contribution is 2.09. The van der Waals surface area contributed by atoms with Crippen LogP contribution in [0.5, 0.6) is 0 Å². The largest absolute Gasteiger partial charge is 0.370 e. The highest BCUT2D eigenvalue weighted by molar-refractivity contribution is 5.39. The van der Waals surface area contributed by atoms with Gasteiger partial charge in [0.2, 0.25) is 0 Å². The van der Waals surface area contributed by atoms with Crippen molar-refractivity contribution < 1.29 is 0 Å². The van der Waals surface area contributed by atoms with Gasteiger partial charge in [0, 0.05) is 18.8 Å². The Labute approximate surface area is 92.3 Å². The van der Waals surface area contributed by atoms with Crippen molar-refractivity contribution in [3.63, 3.8) is 0 Å². The minimum absolute atomic E-state index is 0.915. The van der Waals surface area contributed by atoms with Crippen molar-refractivity contribution in [3.8, 4) is 0 Å². The number of hydrogen-bond donors (Lipinski definition) is 2. The molecular formula is C12H21N3. The first-order chi connectivity index (χ1) is 7.26. The van der Waals surface area contributed by atoms with E-state index in [1.807, 2.05) is 6.92 Å². The molecule has 3 heteroatoms. The molecule has 1 heterocycles. The molecule has 1 rings (SSSR count). The van der Waals surface area contributed by atoms with Crippen molar-refractivity contribution >= 4 is 5.82 Å². The van der Waals surface area contributed by atoms with Gasteiger partial charge in [0.15, 0.2) is 0 Å². The first kappa shape index (κ1) is 12.0. The average Bonchev–Trinajstić information content (AvgIpc) is 2.18. The van der Waals surface area contributed by atoms with Crippen LogP contribution in [-0.2, 0) is 6.54 Å². The fraction of sp³-hybridized carbons (Fsp3) is 0.583. The molecular weight excluding hydrogens is 186 g/mol. The van der Waals surface area contributed by atoms with E-state index in [1.54, 1.807) is 0 Å². The zero-order valence-electron chi connectivity index (χ0n) is 9.93. The molecule has 0 saturated carbocycles. The molecule has 0 unspecified atom stereocenters. The van der Waals surface area contributed by atoms with Crippen molar-refractivity contribution in [2.45, 2.75) is 33.7 Å². The lowest BCUT2D eigenvalue weighted by Gasteiger charge is -2.08. The van der Waals surface area contributed by atoms with Gasteiger partial charge in [-0.25, -0.2) is 4.98 Å². The topological polar surface area (TPSA) is 37.0 Å². The Balaban J connectivity index is 2.62. The van der Waals surface area contributed by atoms with Gasteiger partial charge in [-0.05, 0) is 44.5 Å². The lowest BCUT2D eigenvalue weighted by molar-refractivity contribution is 0.674. The third-order valence-electron chi connectivity index (χ3n) is 2.13. The number of pyridine rings is 1. The van der Waals surface area contributed by atoms with E-state index in [-0.39, 0.29) is 0 Å². The van der Waals surface area contributed by atoms with E-state index in [0.29, 0.717) is 0 Å². The molecule has 0 aromatic carbocycles. The number of rotatable bonds is 6. The first-order valence-corrected chi connectivity index (χ1v) is 5.68. The Morgan fingerprint density at radius 3 is 2.73 bits per heavy atom. The molecule has 1 aromatic heterocycles. The van der Waals surface area contributed by atoms with Gasteiger partial charge >= 0.3 is 0 Å². The Morgan fingerprint density at radius 1 is 1.27 bits per heavy atom. The SMILES string of the molecule is CCCNCc1cc(C)nc(NCC)c1. The molecule has 84 valence electrons. The van der Waals surface area contributed by atoms with E-state index >= 15 is 0 Å². The number of nitrogens with one attached hydrogen (secondary N) is 2. The van der Waals surface area contributed by atoms with Crippen LogP contribution in [-0.4, -0.2) is 18.1 Å². The second-order valence-electron chi connectivity index (χ2n) is 3.71. The molecule has 0 amide bonds. The summed E-state index contributed by atoms with van der Waals surface area (Å²) in [7, 11) is 0. The lowest BCUT2D eigenvalue weighted by Crippen LogP contribution is -2.14. The highest BCUT2D eigenvalue weighted by atomic mass is 15.0. The molecule has 1 aromatic rings. The van der Waals surface area contributed by atoms with E-state index in [0.717, 1.165) is 31.1 Å². The van der Waals surface area contributed by atoms with Gasteiger partial charge in [-0.3, -0.25) is 0 Å². The molecule has 3 nitrogen and oxygen atoms in total. The van der Waals surface area contributed by atoms with Crippen LogP contribution in [0.4, 0.5) is 5.82 Å². The van der Waals surface area contributed by atoms with Crippen LogP contribution in [0, 0.1) is 6.92 Å². The molecule has 0 atom stereocenters. The second-order valence-corrected chi connectivity index (χ2v) is 3.71. The van der Waals surface area contributed by atoms with Crippen LogP contribution in [0.25, 0.3) is 0 Å². The van der Waals surface area contributed by atoms with Crippen molar-refractivity contribution in [1.29, 1.82) is 0 Å². The summed E-state index contributed by atoms with van der Waals surface area (Å²) in [5, 5.41) is 6.63. The van der Waals surface area contributed by atoms with Crippen LogP contribution in [0.1, 0.15) is 31.5 Å². The second kappa shape index (κ2) is 6.40. The van der Waals surface area contributed by atoms with E-state index in [2.05, 4.69) is 41.6 Å². The molecule has 0 fully saturated rings. The minimum atomic E-state index is 0.915. The Kier molecular flexibility index (Phi) is 5.12. The smallest absolute Gasteiger partial charge is 0.126 e. The summed E-state index contributed by atoms with van der Waals surface area (Å²) in [6, 6.07) is 4.24. The summed E-state index contributed by atoms with van der Waals surface area (Å²) in [4.78, 5) is 4.41. The molecule has 15 heavy (non-hydrogen) atoms. The van der Waals surface area contributed by atoms with Gasteiger partial charge in [-0.15, -0.1) is 0 Å². The molecule has 0 spiro atoms. The van der Waals surface area contributed by atoms with Crippen molar-refractivity contribution in [3.05, 3.63) is 23.4 Å². The highest BCUT2D eigenvalue weighted by Gasteiger charge is 1.98. The van der Waals surface area contributed by atoms with Crippen LogP contribution in [0.15, 0.2) is 12.1 Å². The Hall–Kier alpha value is -1.09. The molecule has 0 bridgehead atoms. The maximum atomic E-state index is 4.41. The van der Waals surface area contributed by atoms with Gasteiger partial charge in [0.1, 0.15) is 5.82 Å². The summed E-state index contributed by atoms with van der Waals surface area (Å²) in [5.74, 6) is 0.978. The average molecular weight is 207 g/mol. The van der Waals surface area contributed by atoms with E-state index in [1.165, 1.54) is 12.0 Å². The summed E-state index contributed by atoms with van der Waals surface area (Å²) >= 11 is 0. The van der Waals surface area contributed by atoms with E-state index in [4.69, 9.17) is 0 Å². The first-order valence-electron chi connectivity index (χ1n) is 5.68. The minimum Gasteiger partial charge on any atom is -0.370 e. The van der Waals surface area contributed by atoms with Crippen molar-refractivity contribution in [1.82, 2.24) is 10.3 Å². The molecule has 0 saturated heterocycles. The molecule has 2 N–H and O–H groups in total. The molecule has 0 aliphatic heterocycles. The van der Waals surface area contributed by atoms with E-state index < -0.39 is 0 Å². The number of nitrogens with zero attached hydrogens (tertiary/aromatic N) is 1. The maximum Gasteiger partial charge on any atom is 0.126 e. The van der Waals surface area contributed by atoms with Gasteiger partial charge in [-0.1, -0.05) is 6.92 Å². The summed E-state index contributed by atoms with van der Waals surface area (Å²) in [6.07, 6.45) is 1.17. The van der Waals surface area contributed by atoms with Gasteiger partial charge in [-0.2, -0.15) is 0 Å². The Bertz CT molecular complexity index is 297. The maximum absolute atomic E-state index is 4.41. The normalized spacial score (nSPS) is 10.3. The molecule has 0 radical (unpaired) electrons. The molecule has 0 aliphatic carbocycles. The lowest BCUT2D eigenvalue weighted by atomic mass is 10.2. The number of hydrogen-bond acceptors (Lipinski definition) is 3. The number of anilines is 1. The molecule has 0 aliphatic rings. The standard InChI is InChI=1S/C12H21N3/c1-4-6-13-9-11-7-10(3)15-12(8-11)14-5-2/h7-8,13H,4-6,9H2,1-3H3,(H,14,15). The number of aryl methyl sites for hydroxylation is 1. The summed E-state index contributed by atoms with van der Waals surface area (Å²) < 4.78 is 0. The van der Waals surface area contributed by atoms with Crippen LogP contribution >= 0.6 is 0 Å². The fourth-order valence-electron chi connectivity index (χ4n) is 1.52. The summed E-state index contributed by atoms with van der Waals surface area (Å²) in [6.45, 7) is 9.20. The van der Waals surface area contributed by atoms with Crippen molar-refractivity contribution in [2.24, 2.45) is 0 Å². The third kappa shape index (κ3) is 4.30. The third-order valence-corrected chi connectivity index (χ3v) is 2.13. The summed E-state index contributed by atoms with van der Waals surface area (Å²) in [5.41, 5.74) is 2.37. The predicted molar refractivity (Wildman–Crippen MR) is 65.1 cm³/mol. The number of aromatic nitrogens is 1. The monoisotopic (exact) mass is 207 g/mol. The van der Waals surface area contributed by atoms with Crippen molar-refractivity contribution in [2.75, 3.05) is 18.4 Å². The van der Waals surface area contributed by atoms with E-state index in [9.17, 15) is 0 Å². The van der Waals surface area contributed by atoms with Crippen LogP contribution in [0.2, 0.25) is 0 Å². The van der Waals surface area contributed by atoms with Crippen LogP contribution in [0.3, 0.4) is 0 Å². The van der Waals surface area contributed by atoms with Gasteiger partial charge < -0.3 is 10.6 Å². The zero-order chi connectivity index (χ0) is 11.1. The predicted octanol–water partition coefficient (Wildman–Crippen LogP) is 2.32. The Morgan fingerprint density at radius 2 is 2.07 bits per heavy atom. The fourth-order valence-corrected chi connectivity index (χ4v) is 1.52. The quantitative estimate of drug-likeness (QED) is 0.703. The van der Waals surface area contributed by atoms with Gasteiger partial charge in [0.25, 0.3) is 0 Å². The zero-order valence-corrected chi connectivity index (χ0v) is 9.93. The van der Waals surface area contributed by atoms with Crippen LogP contribution < -0.4 is 10.6 Å².